The second-order valence-electron chi connectivity index (χ2n) is 10.3. The van der Waals surface area contributed by atoms with Crippen molar-refractivity contribution in [2.75, 3.05) is 5.75 Å². The first-order chi connectivity index (χ1) is 20.3. The Bertz CT molecular complexity index is 973. The topological polar surface area (TPSA) is 104 Å². The van der Waals surface area contributed by atoms with E-state index in [1.807, 2.05) is 6.08 Å². The standard InChI is InChI=1S/C35H57NO5S/c1-3-5-7-9-11-13-15-16-17-18-19-20-21-23-25-27-29-31-35(38)36-33(32-42(39,40)41)34(37)30-28-26-24-22-14-12-10-8-6-4-2/h5,7,11,13-14,16-17,19-20,22-23,25,28,30,33-34,37H,3-4,6,8-10,12,15,18,21,24,26-27,29,31-32H2,1-2H3,(H,36,38)(H,39,40,41)/b7-5-,13-11-,17-16-,20-19-,22-14+,25-23-,30-28+. The average Bonchev–Trinajstić information content (AvgIpc) is 2.94. The van der Waals surface area contributed by atoms with E-state index in [4.69, 9.17) is 0 Å². The van der Waals surface area contributed by atoms with Gasteiger partial charge in [0.05, 0.1) is 17.9 Å². The first kappa shape index (κ1) is 39.5. The fraction of sp³-hybridized carbons (Fsp3) is 0.571. The Balaban J connectivity index is 4.25. The molecule has 2 unspecified atom stereocenters. The number of hydrogen-bond acceptors (Lipinski definition) is 4. The molecule has 0 aromatic rings. The highest BCUT2D eigenvalue weighted by Crippen LogP contribution is 2.07. The number of allylic oxidation sites excluding steroid dienone is 13. The Morgan fingerprint density at radius 3 is 1.74 bits per heavy atom. The zero-order valence-corrected chi connectivity index (χ0v) is 26.9. The lowest BCUT2D eigenvalue weighted by atomic mass is 10.1. The number of hydrogen-bond donors (Lipinski definition) is 3. The summed E-state index contributed by atoms with van der Waals surface area (Å²) in [5.41, 5.74) is 0. The van der Waals surface area contributed by atoms with Gasteiger partial charge in [0.25, 0.3) is 10.1 Å². The summed E-state index contributed by atoms with van der Waals surface area (Å²) in [6.07, 6.45) is 41.5. The van der Waals surface area contributed by atoms with Gasteiger partial charge in [-0.25, -0.2) is 0 Å². The van der Waals surface area contributed by atoms with Gasteiger partial charge in [0.2, 0.25) is 5.91 Å². The SMILES string of the molecule is CC/C=C\C/C=C\C/C=C\C/C=C\C/C=C\CCCC(=O)NC(CS(=O)(=O)O)C(O)/C=C/CC/C=C/CCCCCC. The highest BCUT2D eigenvalue weighted by atomic mass is 32.2. The van der Waals surface area contributed by atoms with Crippen molar-refractivity contribution in [1.82, 2.24) is 5.32 Å². The molecule has 0 fully saturated rings. The fourth-order valence-electron chi connectivity index (χ4n) is 3.97. The number of rotatable bonds is 26. The Hall–Kier alpha value is -2.48. The van der Waals surface area contributed by atoms with E-state index in [2.05, 4.69) is 86.0 Å². The van der Waals surface area contributed by atoms with Crippen LogP contribution in [-0.4, -0.2) is 41.9 Å². The molecule has 2 atom stereocenters. The first-order valence-electron chi connectivity index (χ1n) is 15.8. The van der Waals surface area contributed by atoms with E-state index < -0.39 is 28.0 Å². The lowest BCUT2D eigenvalue weighted by molar-refractivity contribution is -0.122. The quantitative estimate of drug-likeness (QED) is 0.0522. The Labute approximate surface area is 256 Å². The molecular formula is C35H57NO5S. The smallest absolute Gasteiger partial charge is 0.267 e. The second kappa shape index (κ2) is 28.6. The van der Waals surface area contributed by atoms with Crippen LogP contribution in [0.3, 0.4) is 0 Å². The van der Waals surface area contributed by atoms with Crippen LogP contribution in [0.4, 0.5) is 0 Å². The van der Waals surface area contributed by atoms with Gasteiger partial charge in [0, 0.05) is 6.42 Å². The van der Waals surface area contributed by atoms with Crippen molar-refractivity contribution < 1.29 is 22.9 Å². The minimum Gasteiger partial charge on any atom is -0.387 e. The van der Waals surface area contributed by atoms with Crippen LogP contribution in [0.2, 0.25) is 0 Å². The number of carbonyl (C=O) groups is 1. The normalized spacial score (nSPS) is 14.7. The molecule has 0 heterocycles. The number of unbranched alkanes of at least 4 members (excludes halogenated alkanes) is 6. The number of amides is 1. The minimum absolute atomic E-state index is 0.204. The molecule has 42 heavy (non-hydrogen) atoms. The van der Waals surface area contributed by atoms with Crippen LogP contribution in [0.1, 0.15) is 110 Å². The van der Waals surface area contributed by atoms with E-state index in [9.17, 15) is 22.9 Å². The van der Waals surface area contributed by atoms with Crippen molar-refractivity contribution >= 4 is 16.0 Å². The van der Waals surface area contributed by atoms with Crippen LogP contribution < -0.4 is 5.32 Å². The van der Waals surface area contributed by atoms with Crippen molar-refractivity contribution in [3.05, 3.63) is 85.1 Å². The molecule has 0 radical (unpaired) electrons. The molecule has 0 aromatic carbocycles. The third-order valence-electron chi connectivity index (χ3n) is 6.31. The van der Waals surface area contributed by atoms with Crippen LogP contribution in [0, 0.1) is 0 Å². The molecule has 7 heteroatoms. The molecule has 3 N–H and O–H groups in total. The summed E-state index contributed by atoms with van der Waals surface area (Å²) in [6.45, 7) is 4.32. The zero-order chi connectivity index (χ0) is 31.2. The molecule has 6 nitrogen and oxygen atoms in total. The van der Waals surface area contributed by atoms with E-state index in [1.54, 1.807) is 6.08 Å². The Morgan fingerprint density at radius 2 is 1.17 bits per heavy atom. The third kappa shape index (κ3) is 29.0. The molecule has 0 saturated carbocycles. The first-order valence-corrected chi connectivity index (χ1v) is 17.4. The molecule has 1 amide bonds. The molecule has 0 saturated heterocycles. The fourth-order valence-corrected chi connectivity index (χ4v) is 4.70. The van der Waals surface area contributed by atoms with Crippen molar-refractivity contribution in [2.24, 2.45) is 0 Å². The largest absolute Gasteiger partial charge is 0.387 e. The molecule has 0 aliphatic heterocycles. The zero-order valence-electron chi connectivity index (χ0n) is 26.1. The summed E-state index contributed by atoms with van der Waals surface area (Å²) >= 11 is 0. The molecule has 0 bridgehead atoms. The summed E-state index contributed by atoms with van der Waals surface area (Å²) in [5, 5.41) is 13.0. The number of carbonyl (C=O) groups excluding carboxylic acids is 1. The van der Waals surface area contributed by atoms with Gasteiger partial charge < -0.3 is 10.4 Å². The second-order valence-corrected chi connectivity index (χ2v) is 11.8. The monoisotopic (exact) mass is 603 g/mol. The van der Waals surface area contributed by atoms with Gasteiger partial charge in [-0.2, -0.15) is 8.42 Å². The van der Waals surface area contributed by atoms with E-state index in [0.29, 0.717) is 12.8 Å². The third-order valence-corrected chi connectivity index (χ3v) is 7.09. The molecular weight excluding hydrogens is 546 g/mol. The lowest BCUT2D eigenvalue weighted by Crippen LogP contribution is -2.46. The number of aliphatic hydroxyl groups excluding tert-OH is 1. The molecule has 0 spiro atoms. The van der Waals surface area contributed by atoms with Gasteiger partial charge in [-0.1, -0.05) is 118 Å². The molecule has 0 rings (SSSR count). The summed E-state index contributed by atoms with van der Waals surface area (Å²) in [5.74, 6) is -1.09. The predicted molar refractivity (Wildman–Crippen MR) is 179 cm³/mol. The van der Waals surface area contributed by atoms with E-state index >= 15 is 0 Å². The average molecular weight is 604 g/mol. The maximum atomic E-state index is 12.4. The summed E-state index contributed by atoms with van der Waals surface area (Å²) < 4.78 is 32.1. The van der Waals surface area contributed by atoms with Gasteiger partial charge in [-0.3, -0.25) is 9.35 Å². The van der Waals surface area contributed by atoms with Gasteiger partial charge in [0.1, 0.15) is 0 Å². The van der Waals surface area contributed by atoms with Gasteiger partial charge >= 0.3 is 0 Å². The summed E-state index contributed by atoms with van der Waals surface area (Å²) in [6, 6.07) is -1.11. The van der Waals surface area contributed by atoms with Crippen molar-refractivity contribution in [3.63, 3.8) is 0 Å². The lowest BCUT2D eigenvalue weighted by Gasteiger charge is -2.21. The van der Waals surface area contributed by atoms with Crippen LogP contribution in [-0.2, 0) is 14.9 Å². The number of nitrogens with one attached hydrogen (secondary N) is 1. The molecule has 0 aromatic heterocycles. The van der Waals surface area contributed by atoms with E-state index in [0.717, 1.165) is 51.4 Å². The summed E-state index contributed by atoms with van der Waals surface area (Å²) in [4.78, 5) is 12.4. The predicted octanol–water partition coefficient (Wildman–Crippen LogP) is 8.50. The number of aliphatic hydroxyl groups is 1. The maximum Gasteiger partial charge on any atom is 0.267 e. The Kier molecular flexibility index (Phi) is 26.9. The highest BCUT2D eigenvalue weighted by molar-refractivity contribution is 7.85. The van der Waals surface area contributed by atoms with Gasteiger partial charge in [-0.15, -0.1) is 0 Å². The van der Waals surface area contributed by atoms with Gasteiger partial charge in [0.15, 0.2) is 0 Å². The van der Waals surface area contributed by atoms with Gasteiger partial charge in [-0.05, 0) is 70.6 Å². The van der Waals surface area contributed by atoms with Crippen molar-refractivity contribution in [3.8, 4) is 0 Å². The molecule has 0 aliphatic carbocycles. The van der Waals surface area contributed by atoms with Crippen LogP contribution >= 0.6 is 0 Å². The van der Waals surface area contributed by atoms with Crippen molar-refractivity contribution in [1.29, 1.82) is 0 Å². The van der Waals surface area contributed by atoms with E-state index in [-0.39, 0.29) is 12.3 Å². The molecule has 0 aliphatic rings. The van der Waals surface area contributed by atoms with Crippen LogP contribution in [0.15, 0.2) is 85.1 Å². The van der Waals surface area contributed by atoms with Crippen LogP contribution in [0.25, 0.3) is 0 Å². The van der Waals surface area contributed by atoms with E-state index in [1.165, 1.54) is 31.8 Å². The minimum atomic E-state index is -4.37. The highest BCUT2D eigenvalue weighted by Gasteiger charge is 2.24. The summed E-state index contributed by atoms with van der Waals surface area (Å²) in [7, 11) is -4.37. The maximum absolute atomic E-state index is 12.4. The van der Waals surface area contributed by atoms with Crippen molar-refractivity contribution in [2.45, 2.75) is 122 Å². The Morgan fingerprint density at radius 1 is 0.667 bits per heavy atom. The molecule has 238 valence electrons. The van der Waals surface area contributed by atoms with Crippen LogP contribution in [0.5, 0.6) is 0 Å².